The maximum atomic E-state index is 13.3. The highest BCUT2D eigenvalue weighted by Gasteiger charge is 2.87. The highest BCUT2D eigenvalue weighted by Crippen LogP contribution is 2.76. The number of unbranched alkanes of at least 4 members (excludes halogenated alkanes) is 1. The van der Waals surface area contributed by atoms with Crippen LogP contribution in [0.15, 0.2) is 47.6 Å². The Morgan fingerprint density at radius 2 is 1.80 bits per heavy atom. The van der Waals surface area contributed by atoms with Gasteiger partial charge in [0.2, 0.25) is 0 Å². The fourth-order valence-electron chi connectivity index (χ4n) is 7.82. The van der Waals surface area contributed by atoms with E-state index >= 15 is 0 Å². The molecule has 0 heterocycles. The van der Waals surface area contributed by atoms with Crippen molar-refractivity contribution in [2.75, 3.05) is 6.61 Å². The first-order valence-corrected chi connectivity index (χ1v) is 14.2. The van der Waals surface area contributed by atoms with E-state index in [-0.39, 0.29) is 12.4 Å². The number of rotatable bonds is 8. The average Bonchev–Trinajstić information content (AvgIpc) is 3.26. The van der Waals surface area contributed by atoms with Crippen LogP contribution in [0.1, 0.15) is 67.7 Å². The van der Waals surface area contributed by atoms with Crippen molar-refractivity contribution in [3.63, 3.8) is 0 Å². The van der Waals surface area contributed by atoms with Gasteiger partial charge in [-0.25, -0.2) is 4.79 Å². The maximum absolute atomic E-state index is 13.3. The van der Waals surface area contributed by atoms with Gasteiger partial charge in [-0.3, -0.25) is 14.4 Å². The Morgan fingerprint density at radius 3 is 2.42 bits per heavy atom. The molecule has 0 spiro atoms. The number of allylic oxidation sites excluding steroid dienone is 4. The highest BCUT2D eigenvalue weighted by molar-refractivity contribution is 6.00. The van der Waals surface area contributed by atoms with Crippen molar-refractivity contribution in [3.05, 3.63) is 47.6 Å². The third kappa shape index (κ3) is 4.68. The molecule has 0 aromatic heterocycles. The van der Waals surface area contributed by atoms with Crippen LogP contribution in [0.25, 0.3) is 0 Å². The predicted molar refractivity (Wildman–Crippen MR) is 148 cm³/mol. The molecule has 0 amide bonds. The molecule has 8 nitrogen and oxygen atoms in total. The Kier molecular flexibility index (Phi) is 8.07. The first-order chi connectivity index (χ1) is 18.7. The fraction of sp³-hybridized carbons (Fsp3) is 0.625. The van der Waals surface area contributed by atoms with Crippen LogP contribution in [0.2, 0.25) is 0 Å². The predicted octanol–water partition coefficient (Wildman–Crippen LogP) is 4.42. The van der Waals surface area contributed by atoms with Crippen molar-refractivity contribution >= 4 is 23.7 Å². The van der Waals surface area contributed by atoms with E-state index in [2.05, 4.69) is 6.92 Å². The minimum atomic E-state index is -1.49. The third-order valence-corrected chi connectivity index (χ3v) is 9.63. The second-order valence-electron chi connectivity index (χ2n) is 12.4. The highest BCUT2D eigenvalue weighted by atomic mass is 16.6. The largest absolute Gasteiger partial charge is 0.461 e. The molecule has 0 aliphatic heterocycles. The van der Waals surface area contributed by atoms with Crippen molar-refractivity contribution in [2.24, 2.45) is 35.0 Å². The number of esters is 3. The molecule has 1 N–H and O–H groups in total. The van der Waals surface area contributed by atoms with E-state index in [4.69, 9.17) is 14.2 Å². The van der Waals surface area contributed by atoms with Gasteiger partial charge < -0.3 is 19.3 Å². The average molecular weight is 555 g/mol. The molecule has 4 rings (SSSR count). The van der Waals surface area contributed by atoms with E-state index in [0.29, 0.717) is 12.0 Å². The Labute approximate surface area is 236 Å². The molecule has 8 atom stereocenters. The summed E-state index contributed by atoms with van der Waals surface area (Å²) in [5.41, 5.74) is -2.02. The lowest BCUT2D eigenvalue weighted by Gasteiger charge is -2.52. The van der Waals surface area contributed by atoms with Crippen LogP contribution >= 0.6 is 0 Å². The van der Waals surface area contributed by atoms with Gasteiger partial charge in [0.25, 0.3) is 0 Å². The molecule has 2 saturated carbocycles. The molecule has 40 heavy (non-hydrogen) atoms. The van der Waals surface area contributed by atoms with E-state index in [1.807, 2.05) is 32.1 Å². The summed E-state index contributed by atoms with van der Waals surface area (Å²) in [6.45, 7) is 12.2. The van der Waals surface area contributed by atoms with Crippen molar-refractivity contribution in [3.8, 4) is 0 Å². The first-order valence-electron chi connectivity index (χ1n) is 14.2. The smallest absolute Gasteiger partial charge is 0.331 e. The molecule has 2 fully saturated rings. The van der Waals surface area contributed by atoms with Gasteiger partial charge >= 0.3 is 17.9 Å². The van der Waals surface area contributed by atoms with Crippen LogP contribution in [-0.4, -0.2) is 52.7 Å². The molecule has 0 aromatic carbocycles. The molecule has 4 aliphatic carbocycles. The zero-order valence-corrected chi connectivity index (χ0v) is 24.6. The molecule has 0 unspecified atom stereocenters. The first kappa shape index (κ1) is 30.0. The summed E-state index contributed by atoms with van der Waals surface area (Å²) in [5.74, 6) is -4.34. The summed E-state index contributed by atoms with van der Waals surface area (Å²) < 4.78 is 17.5. The number of ketones is 1. The number of aliphatic hydroxyl groups is 1. The molecule has 4 aliphatic rings. The van der Waals surface area contributed by atoms with E-state index < -0.39 is 70.2 Å². The molecule has 8 heteroatoms. The molecular weight excluding hydrogens is 512 g/mol. The van der Waals surface area contributed by atoms with Crippen molar-refractivity contribution in [2.45, 2.75) is 85.0 Å². The lowest BCUT2D eigenvalue weighted by molar-refractivity contribution is -0.217. The molecule has 0 radical (unpaired) electrons. The van der Waals surface area contributed by atoms with Gasteiger partial charge in [0.1, 0.15) is 12.7 Å². The number of carbonyl (C=O) groups is 4. The second kappa shape index (κ2) is 10.8. The van der Waals surface area contributed by atoms with Gasteiger partial charge in [-0.05, 0) is 30.9 Å². The summed E-state index contributed by atoms with van der Waals surface area (Å²) in [6.07, 6.45) is 11.7. The van der Waals surface area contributed by atoms with Crippen LogP contribution in [-0.2, 0) is 33.4 Å². The monoisotopic (exact) mass is 554 g/mol. The topological polar surface area (TPSA) is 116 Å². The number of carbonyl (C=O) groups excluding carboxylic acids is 4. The maximum Gasteiger partial charge on any atom is 0.331 e. The summed E-state index contributed by atoms with van der Waals surface area (Å²) >= 11 is 0. The summed E-state index contributed by atoms with van der Waals surface area (Å²) in [5, 5.41) is 12.8. The molecule has 218 valence electrons. The quantitative estimate of drug-likeness (QED) is 0.154. The van der Waals surface area contributed by atoms with Gasteiger partial charge in [0.05, 0.1) is 5.60 Å². The SMILES string of the molecule is CCC/C=C/C=C\C(=O)O[C@@H]1[C@@H](C)[C@]2(O)[C@@H]3C=C(C)C(=O)[C@H]3CC(COC(C)=O)=C[C@H]2[C@@H]2C(C)(C)[C@]12OC(C)=O. The summed E-state index contributed by atoms with van der Waals surface area (Å²) in [6, 6.07) is 0. The molecule has 0 bridgehead atoms. The minimum absolute atomic E-state index is 0.00825. The van der Waals surface area contributed by atoms with Crippen LogP contribution in [0.3, 0.4) is 0 Å². The van der Waals surface area contributed by atoms with Crippen molar-refractivity contribution in [1.82, 2.24) is 0 Å². The Balaban J connectivity index is 1.81. The van der Waals surface area contributed by atoms with E-state index in [0.717, 1.165) is 18.4 Å². The Bertz CT molecular complexity index is 1210. The van der Waals surface area contributed by atoms with Crippen molar-refractivity contribution < 1.29 is 38.5 Å². The number of fused-ring (bicyclic) bond motifs is 5. The lowest BCUT2D eigenvalue weighted by Crippen LogP contribution is -2.63. The minimum Gasteiger partial charge on any atom is -0.461 e. The zero-order chi connectivity index (χ0) is 29.6. The van der Waals surface area contributed by atoms with Gasteiger partial charge in [-0.15, -0.1) is 0 Å². The van der Waals surface area contributed by atoms with Gasteiger partial charge in [0.15, 0.2) is 11.4 Å². The van der Waals surface area contributed by atoms with Gasteiger partial charge in [-0.1, -0.05) is 64.5 Å². The van der Waals surface area contributed by atoms with Crippen LogP contribution in [0, 0.1) is 35.0 Å². The van der Waals surface area contributed by atoms with Crippen molar-refractivity contribution in [1.29, 1.82) is 0 Å². The molecule has 0 aromatic rings. The second-order valence-corrected chi connectivity index (χ2v) is 12.4. The van der Waals surface area contributed by atoms with Gasteiger partial charge in [-0.2, -0.15) is 0 Å². The third-order valence-electron chi connectivity index (χ3n) is 9.63. The van der Waals surface area contributed by atoms with E-state index in [1.54, 1.807) is 26.0 Å². The Hall–Kier alpha value is -3.00. The lowest BCUT2D eigenvalue weighted by atomic mass is 9.60. The van der Waals surface area contributed by atoms with Crippen LogP contribution in [0.5, 0.6) is 0 Å². The number of Topliss-reactive ketones (excluding diaryl/α,β-unsaturated/α-hetero) is 1. The molecule has 0 saturated heterocycles. The van der Waals surface area contributed by atoms with E-state index in [1.165, 1.54) is 19.9 Å². The summed E-state index contributed by atoms with van der Waals surface area (Å²) in [4.78, 5) is 50.5. The van der Waals surface area contributed by atoms with Crippen LogP contribution < -0.4 is 0 Å². The van der Waals surface area contributed by atoms with Gasteiger partial charge in [0, 0.05) is 54.9 Å². The number of hydrogen-bond donors (Lipinski definition) is 1. The fourth-order valence-corrected chi connectivity index (χ4v) is 7.82. The van der Waals surface area contributed by atoms with E-state index in [9.17, 15) is 24.3 Å². The number of hydrogen-bond acceptors (Lipinski definition) is 8. The van der Waals surface area contributed by atoms with Crippen LogP contribution in [0.4, 0.5) is 0 Å². The Morgan fingerprint density at radius 1 is 1.10 bits per heavy atom. The zero-order valence-electron chi connectivity index (χ0n) is 24.6. The normalized spacial score (nSPS) is 37.5. The number of ether oxygens (including phenoxy) is 3. The standard InChI is InChI=1S/C32H42O8/c1-8-9-10-11-12-13-26(35)39-29-19(3)31(37)24-14-18(2)27(36)23(24)15-22(17-38-20(4)33)16-25(31)28-30(6,7)32(28,29)40-21(5)34/h10-14,16,19,23-25,28-29,37H,8-9,15,17H2,1-7H3/b11-10+,13-12-/t19-,23+,24-,25+,28-,29-,31+,32-/m1/s1. The molecular formula is C32H42O8. The summed E-state index contributed by atoms with van der Waals surface area (Å²) in [7, 11) is 0.